The zero-order valence-corrected chi connectivity index (χ0v) is 14.7. The number of hydrogen-bond donors (Lipinski definition) is 2. The normalized spacial score (nSPS) is 11.8. The summed E-state index contributed by atoms with van der Waals surface area (Å²) in [6.07, 6.45) is 1.66. The summed E-state index contributed by atoms with van der Waals surface area (Å²) in [5.41, 5.74) is 3.03. The lowest BCUT2D eigenvalue weighted by Gasteiger charge is -2.06. The molecule has 0 aliphatic heterocycles. The van der Waals surface area contributed by atoms with Gasteiger partial charge in [-0.05, 0) is 47.5 Å². The summed E-state index contributed by atoms with van der Waals surface area (Å²) in [5, 5.41) is 19.8. The molecule has 0 aliphatic carbocycles. The molecule has 0 fully saturated rings. The average Bonchev–Trinajstić information content (AvgIpc) is 3.06. The third kappa shape index (κ3) is 3.16. The van der Waals surface area contributed by atoms with E-state index in [1.54, 1.807) is 23.0 Å². The first-order valence-electron chi connectivity index (χ1n) is 7.93. The van der Waals surface area contributed by atoms with Crippen molar-refractivity contribution in [3.63, 3.8) is 0 Å². The number of sulfonamides is 1. The average molecular weight is 383 g/mol. The second-order valence-corrected chi connectivity index (χ2v) is 7.60. The molecule has 0 spiro atoms. The molecule has 6 nitrogen and oxygen atoms in total. The maximum absolute atomic E-state index is 13.3. The summed E-state index contributed by atoms with van der Waals surface area (Å²) in [7, 11) is -3.73. The highest BCUT2D eigenvalue weighted by molar-refractivity contribution is 7.89. The fourth-order valence-corrected chi connectivity index (χ4v) is 3.40. The Bertz CT molecular complexity index is 1270. The smallest absolute Gasteiger partial charge is 0.238 e. The van der Waals surface area contributed by atoms with E-state index in [0.29, 0.717) is 5.69 Å². The Morgan fingerprint density at radius 3 is 2.33 bits per heavy atom. The minimum Gasteiger partial charge on any atom is -0.505 e. The second-order valence-electron chi connectivity index (χ2n) is 6.04. The number of nitrogens with zero attached hydrogens (tertiary/aromatic N) is 2. The van der Waals surface area contributed by atoms with Gasteiger partial charge >= 0.3 is 0 Å². The van der Waals surface area contributed by atoms with Gasteiger partial charge in [-0.15, -0.1) is 0 Å². The van der Waals surface area contributed by atoms with Gasteiger partial charge in [0.2, 0.25) is 10.0 Å². The number of primary sulfonamides is 1. The fraction of sp³-hybridized carbons (Fsp3) is 0. The molecule has 3 N–H and O–H groups in total. The predicted octanol–water partition coefficient (Wildman–Crippen LogP) is 3.18. The van der Waals surface area contributed by atoms with Crippen LogP contribution in [-0.2, 0) is 10.0 Å². The summed E-state index contributed by atoms with van der Waals surface area (Å²) >= 11 is 0. The van der Waals surface area contributed by atoms with E-state index in [1.165, 1.54) is 30.3 Å². The Hall–Kier alpha value is -3.23. The third-order valence-corrected chi connectivity index (χ3v) is 5.19. The van der Waals surface area contributed by atoms with E-state index in [0.717, 1.165) is 22.0 Å². The number of hydrogen-bond acceptors (Lipinski definition) is 4. The second kappa shape index (κ2) is 6.19. The molecule has 4 rings (SSSR count). The molecule has 3 aromatic carbocycles. The van der Waals surface area contributed by atoms with Crippen LogP contribution in [0.2, 0.25) is 0 Å². The van der Waals surface area contributed by atoms with E-state index in [9.17, 15) is 17.9 Å². The first kappa shape index (κ1) is 17.2. The van der Waals surface area contributed by atoms with Crippen molar-refractivity contribution >= 4 is 20.9 Å². The van der Waals surface area contributed by atoms with Gasteiger partial charge in [0.1, 0.15) is 0 Å². The van der Waals surface area contributed by atoms with Crippen molar-refractivity contribution in [2.24, 2.45) is 5.14 Å². The summed E-state index contributed by atoms with van der Waals surface area (Å²) in [5.74, 6) is -1.14. The van der Waals surface area contributed by atoms with Crippen molar-refractivity contribution in [3.05, 3.63) is 72.7 Å². The SMILES string of the molecule is NS(=O)(=O)c1ccc(-c2ccc3c(cnn3-c3ccc(F)c(O)c3)c2)cc1. The number of fused-ring (bicyclic) bond motifs is 1. The molecule has 0 bridgehead atoms. The van der Waals surface area contributed by atoms with Gasteiger partial charge in [0.05, 0.1) is 22.3 Å². The number of halogens is 1. The molecule has 136 valence electrons. The standard InChI is InChI=1S/C19H14FN3O3S/c20-17-7-4-15(10-19(17)24)23-18-8-3-13(9-14(18)11-22-23)12-1-5-16(6-2-12)27(21,25)26/h1-11,24H,(H2,21,25,26). The van der Waals surface area contributed by atoms with Crippen molar-refractivity contribution in [1.29, 1.82) is 0 Å². The van der Waals surface area contributed by atoms with Crippen molar-refractivity contribution in [3.8, 4) is 22.6 Å². The zero-order chi connectivity index (χ0) is 19.2. The first-order valence-corrected chi connectivity index (χ1v) is 9.47. The van der Waals surface area contributed by atoms with Crippen molar-refractivity contribution < 1.29 is 17.9 Å². The van der Waals surface area contributed by atoms with Gasteiger partial charge in [0, 0.05) is 11.5 Å². The number of nitrogens with two attached hydrogens (primary N) is 1. The van der Waals surface area contributed by atoms with Gasteiger partial charge in [-0.2, -0.15) is 5.10 Å². The maximum Gasteiger partial charge on any atom is 0.238 e. The molecule has 1 heterocycles. The molecule has 8 heteroatoms. The van der Waals surface area contributed by atoms with Crippen LogP contribution >= 0.6 is 0 Å². The Morgan fingerprint density at radius 2 is 1.67 bits per heavy atom. The summed E-state index contributed by atoms with van der Waals surface area (Å²) in [6, 6.07) is 15.9. The van der Waals surface area contributed by atoms with Gasteiger partial charge in [-0.25, -0.2) is 22.6 Å². The minimum atomic E-state index is -3.73. The molecular formula is C19H14FN3O3S. The lowest BCUT2D eigenvalue weighted by molar-refractivity contribution is 0.432. The monoisotopic (exact) mass is 383 g/mol. The number of aromatic hydroxyl groups is 1. The Balaban J connectivity index is 1.75. The number of rotatable bonds is 3. The molecule has 4 aromatic rings. The van der Waals surface area contributed by atoms with E-state index >= 15 is 0 Å². The summed E-state index contributed by atoms with van der Waals surface area (Å²) in [4.78, 5) is 0.0521. The summed E-state index contributed by atoms with van der Waals surface area (Å²) in [6.45, 7) is 0. The van der Waals surface area contributed by atoms with Gasteiger partial charge in [0.15, 0.2) is 11.6 Å². The van der Waals surface area contributed by atoms with Crippen LogP contribution in [0.1, 0.15) is 0 Å². The van der Waals surface area contributed by atoms with Crippen molar-refractivity contribution in [1.82, 2.24) is 9.78 Å². The molecule has 0 radical (unpaired) electrons. The molecule has 0 saturated carbocycles. The number of phenolic OH excluding ortho intramolecular Hbond substituents is 1. The van der Waals surface area contributed by atoms with Crippen molar-refractivity contribution in [2.75, 3.05) is 0 Å². The molecule has 0 amide bonds. The molecule has 0 unspecified atom stereocenters. The van der Waals surface area contributed by atoms with Gasteiger partial charge in [-0.1, -0.05) is 18.2 Å². The summed E-state index contributed by atoms with van der Waals surface area (Å²) < 4.78 is 37.6. The highest BCUT2D eigenvalue weighted by Gasteiger charge is 2.11. The molecule has 0 atom stereocenters. The maximum atomic E-state index is 13.3. The van der Waals surface area contributed by atoms with E-state index in [-0.39, 0.29) is 4.90 Å². The third-order valence-electron chi connectivity index (χ3n) is 4.26. The van der Waals surface area contributed by atoms with Crippen LogP contribution in [0.25, 0.3) is 27.7 Å². The molecule has 0 aliphatic rings. The predicted molar refractivity (Wildman–Crippen MR) is 99.5 cm³/mol. The van der Waals surface area contributed by atoms with Crippen LogP contribution in [0.5, 0.6) is 5.75 Å². The van der Waals surface area contributed by atoms with E-state index in [1.807, 2.05) is 18.2 Å². The van der Waals surface area contributed by atoms with Crippen LogP contribution in [-0.4, -0.2) is 23.3 Å². The molecule has 1 aromatic heterocycles. The van der Waals surface area contributed by atoms with Gasteiger partial charge in [-0.3, -0.25) is 0 Å². The zero-order valence-electron chi connectivity index (χ0n) is 13.9. The Labute approximate surface area is 154 Å². The number of aromatic nitrogens is 2. The van der Waals surface area contributed by atoms with Gasteiger partial charge < -0.3 is 5.11 Å². The van der Waals surface area contributed by atoms with Crippen LogP contribution in [0, 0.1) is 5.82 Å². The topological polar surface area (TPSA) is 98.2 Å². The number of phenols is 1. The fourth-order valence-electron chi connectivity index (χ4n) is 2.89. The minimum absolute atomic E-state index is 0.0521. The van der Waals surface area contributed by atoms with E-state index in [2.05, 4.69) is 5.10 Å². The quantitative estimate of drug-likeness (QED) is 0.568. The van der Waals surface area contributed by atoms with Crippen LogP contribution in [0.15, 0.2) is 71.8 Å². The largest absolute Gasteiger partial charge is 0.505 e. The lowest BCUT2D eigenvalue weighted by Crippen LogP contribution is -2.11. The van der Waals surface area contributed by atoms with Crippen LogP contribution in [0.3, 0.4) is 0 Å². The Morgan fingerprint density at radius 1 is 0.963 bits per heavy atom. The molecular weight excluding hydrogens is 369 g/mol. The lowest BCUT2D eigenvalue weighted by atomic mass is 10.0. The van der Waals surface area contributed by atoms with Crippen LogP contribution < -0.4 is 5.14 Å². The first-order chi connectivity index (χ1) is 12.8. The van der Waals surface area contributed by atoms with E-state index < -0.39 is 21.6 Å². The molecule has 27 heavy (non-hydrogen) atoms. The van der Waals surface area contributed by atoms with Crippen LogP contribution in [0.4, 0.5) is 4.39 Å². The van der Waals surface area contributed by atoms with Gasteiger partial charge in [0.25, 0.3) is 0 Å². The molecule has 0 saturated heterocycles. The van der Waals surface area contributed by atoms with E-state index in [4.69, 9.17) is 5.14 Å². The van der Waals surface area contributed by atoms with Crippen molar-refractivity contribution in [2.45, 2.75) is 4.90 Å². The highest BCUT2D eigenvalue weighted by Crippen LogP contribution is 2.28. The Kier molecular flexibility index (Phi) is 3.94. The number of benzene rings is 3. The highest BCUT2D eigenvalue weighted by atomic mass is 32.2.